The van der Waals surface area contributed by atoms with Gasteiger partial charge in [-0.05, 0) is 30.7 Å². The van der Waals surface area contributed by atoms with Gasteiger partial charge in [-0.15, -0.1) is 0 Å². The molecule has 1 aliphatic rings. The van der Waals surface area contributed by atoms with Crippen molar-refractivity contribution in [2.75, 3.05) is 13.2 Å². The summed E-state index contributed by atoms with van der Waals surface area (Å²) in [4.78, 5) is 23.0. The fourth-order valence-corrected chi connectivity index (χ4v) is 2.10. The number of aliphatic carboxylic acids is 1. The number of carboxylic acids is 1. The predicted octanol–water partition coefficient (Wildman–Crippen LogP) is 1.48. The Morgan fingerprint density at radius 2 is 2.16 bits per heavy atom. The minimum absolute atomic E-state index is 0.125. The van der Waals surface area contributed by atoms with E-state index >= 15 is 0 Å². The van der Waals surface area contributed by atoms with Gasteiger partial charge in [0.1, 0.15) is 5.92 Å². The highest BCUT2D eigenvalue weighted by Gasteiger charge is 2.35. The zero-order valence-electron chi connectivity index (χ0n) is 10.4. The van der Waals surface area contributed by atoms with Crippen molar-refractivity contribution in [1.29, 1.82) is 0 Å². The highest BCUT2D eigenvalue weighted by molar-refractivity contribution is 6.31. The zero-order valence-corrected chi connectivity index (χ0v) is 11.1. The van der Waals surface area contributed by atoms with Crippen LogP contribution in [0.5, 0.6) is 0 Å². The number of carboxylic acid groups (broad SMARTS) is 1. The van der Waals surface area contributed by atoms with Gasteiger partial charge in [-0.3, -0.25) is 9.59 Å². The average molecular weight is 284 g/mol. The molecular formula is C13H14ClNO4. The van der Waals surface area contributed by atoms with Crippen molar-refractivity contribution in [2.45, 2.75) is 13.0 Å². The normalized spacial score (nSPS) is 22.2. The molecule has 0 radical (unpaired) electrons. The number of nitrogens with one attached hydrogen (secondary N) is 1. The van der Waals surface area contributed by atoms with Crippen molar-refractivity contribution < 1.29 is 19.4 Å². The highest BCUT2D eigenvalue weighted by Crippen LogP contribution is 2.18. The molecule has 2 N–H and O–H groups in total. The van der Waals surface area contributed by atoms with E-state index in [1.807, 2.05) is 0 Å². The van der Waals surface area contributed by atoms with E-state index in [0.29, 0.717) is 10.6 Å². The van der Waals surface area contributed by atoms with Crippen LogP contribution in [-0.4, -0.2) is 36.2 Å². The quantitative estimate of drug-likeness (QED) is 0.881. The first-order valence-corrected chi connectivity index (χ1v) is 6.24. The second kappa shape index (κ2) is 5.59. The Hall–Kier alpha value is -1.59. The van der Waals surface area contributed by atoms with Gasteiger partial charge in [0.25, 0.3) is 5.91 Å². The van der Waals surface area contributed by atoms with Gasteiger partial charge in [0.15, 0.2) is 0 Å². The number of hydrogen-bond acceptors (Lipinski definition) is 3. The van der Waals surface area contributed by atoms with Crippen LogP contribution >= 0.6 is 11.6 Å². The largest absolute Gasteiger partial charge is 0.481 e. The lowest BCUT2D eigenvalue weighted by Crippen LogP contribution is -2.42. The molecule has 1 aromatic carbocycles. The van der Waals surface area contributed by atoms with Gasteiger partial charge < -0.3 is 15.2 Å². The summed E-state index contributed by atoms with van der Waals surface area (Å²) in [5.74, 6) is -1.98. The van der Waals surface area contributed by atoms with Crippen molar-refractivity contribution >= 4 is 23.5 Å². The Labute approximate surface area is 115 Å². The van der Waals surface area contributed by atoms with Crippen LogP contribution in [-0.2, 0) is 9.53 Å². The topological polar surface area (TPSA) is 75.6 Å². The third-order valence-corrected chi connectivity index (χ3v) is 3.56. The van der Waals surface area contributed by atoms with Gasteiger partial charge in [-0.25, -0.2) is 0 Å². The van der Waals surface area contributed by atoms with E-state index in [1.165, 1.54) is 0 Å². The number of carbonyl (C=O) groups is 2. The molecule has 102 valence electrons. The van der Waals surface area contributed by atoms with Crippen LogP contribution in [0.3, 0.4) is 0 Å². The molecule has 1 heterocycles. The van der Waals surface area contributed by atoms with Crippen LogP contribution in [0.4, 0.5) is 0 Å². The number of amides is 1. The van der Waals surface area contributed by atoms with E-state index in [4.69, 9.17) is 21.4 Å². The molecule has 6 heteroatoms. The number of aryl methyl sites for hydroxylation is 1. The smallest absolute Gasteiger partial charge is 0.311 e. The number of benzene rings is 1. The average Bonchev–Trinajstić information content (AvgIpc) is 2.80. The van der Waals surface area contributed by atoms with Crippen LogP contribution < -0.4 is 5.32 Å². The summed E-state index contributed by atoms with van der Waals surface area (Å²) in [6.45, 7) is 2.15. The Kier molecular flexibility index (Phi) is 4.07. The van der Waals surface area contributed by atoms with Gasteiger partial charge >= 0.3 is 5.97 Å². The highest BCUT2D eigenvalue weighted by atomic mass is 35.5. The molecule has 2 atom stereocenters. The van der Waals surface area contributed by atoms with Gasteiger partial charge in [0.2, 0.25) is 0 Å². The van der Waals surface area contributed by atoms with Crippen molar-refractivity contribution in [3.05, 3.63) is 34.3 Å². The Bertz CT molecular complexity index is 517. The molecule has 0 aliphatic carbocycles. The maximum absolute atomic E-state index is 12.0. The van der Waals surface area contributed by atoms with Gasteiger partial charge in [-0.2, -0.15) is 0 Å². The molecule has 2 unspecified atom stereocenters. The molecule has 0 aromatic heterocycles. The summed E-state index contributed by atoms with van der Waals surface area (Å²) in [6, 6.07) is 4.42. The molecule has 1 aromatic rings. The van der Waals surface area contributed by atoms with Crippen LogP contribution in [0.25, 0.3) is 0 Å². The predicted molar refractivity (Wildman–Crippen MR) is 69.4 cm³/mol. The Morgan fingerprint density at radius 3 is 2.79 bits per heavy atom. The number of halogens is 1. The zero-order chi connectivity index (χ0) is 14.0. The van der Waals surface area contributed by atoms with Crippen LogP contribution in [0.1, 0.15) is 15.9 Å². The Morgan fingerprint density at radius 1 is 1.42 bits per heavy atom. The molecule has 1 amide bonds. The standard InChI is InChI=1S/C13H14ClNO4/c1-7-4-8(2-3-10(7)14)12(16)15-11-6-19-5-9(11)13(17)18/h2-4,9,11H,5-6H2,1H3,(H,15,16)(H,17,18). The summed E-state index contributed by atoms with van der Waals surface area (Å²) < 4.78 is 5.09. The fourth-order valence-electron chi connectivity index (χ4n) is 1.98. The second-order valence-corrected chi connectivity index (χ2v) is 4.93. The van der Waals surface area contributed by atoms with Gasteiger partial charge in [0, 0.05) is 10.6 Å². The molecule has 5 nitrogen and oxygen atoms in total. The molecule has 1 aliphatic heterocycles. The van der Waals surface area contributed by atoms with Gasteiger partial charge in [0.05, 0.1) is 19.3 Å². The van der Waals surface area contributed by atoms with E-state index in [9.17, 15) is 9.59 Å². The number of carbonyl (C=O) groups excluding carboxylic acids is 1. The van der Waals surface area contributed by atoms with E-state index in [0.717, 1.165) is 5.56 Å². The lowest BCUT2D eigenvalue weighted by Gasteiger charge is -2.15. The van der Waals surface area contributed by atoms with E-state index in [2.05, 4.69) is 5.32 Å². The fraction of sp³-hybridized carbons (Fsp3) is 0.385. The summed E-state index contributed by atoms with van der Waals surface area (Å²) in [7, 11) is 0. The molecule has 19 heavy (non-hydrogen) atoms. The second-order valence-electron chi connectivity index (χ2n) is 4.53. The van der Waals surface area contributed by atoms with E-state index in [-0.39, 0.29) is 19.1 Å². The lowest BCUT2D eigenvalue weighted by atomic mass is 10.0. The number of rotatable bonds is 3. The molecule has 0 spiro atoms. The van der Waals surface area contributed by atoms with Crippen molar-refractivity contribution in [1.82, 2.24) is 5.32 Å². The van der Waals surface area contributed by atoms with Crippen LogP contribution in [0, 0.1) is 12.8 Å². The molecule has 0 saturated carbocycles. The molecular weight excluding hydrogens is 270 g/mol. The van der Waals surface area contributed by atoms with Crippen molar-refractivity contribution in [2.24, 2.45) is 5.92 Å². The number of hydrogen-bond donors (Lipinski definition) is 2. The van der Waals surface area contributed by atoms with E-state index < -0.39 is 17.9 Å². The van der Waals surface area contributed by atoms with Crippen LogP contribution in [0.15, 0.2) is 18.2 Å². The minimum Gasteiger partial charge on any atom is -0.481 e. The molecule has 1 fully saturated rings. The SMILES string of the molecule is Cc1cc(C(=O)NC2COCC2C(=O)O)ccc1Cl. The molecule has 2 rings (SSSR count). The molecule has 0 bridgehead atoms. The first kappa shape index (κ1) is 13.8. The van der Waals surface area contributed by atoms with Crippen molar-refractivity contribution in [3.63, 3.8) is 0 Å². The summed E-state index contributed by atoms with van der Waals surface area (Å²) in [5, 5.41) is 12.3. The summed E-state index contributed by atoms with van der Waals surface area (Å²) in [5.41, 5.74) is 1.25. The minimum atomic E-state index is -0.963. The summed E-state index contributed by atoms with van der Waals surface area (Å²) >= 11 is 5.89. The first-order valence-electron chi connectivity index (χ1n) is 5.86. The maximum atomic E-state index is 12.0. The monoisotopic (exact) mass is 283 g/mol. The number of ether oxygens (including phenoxy) is 1. The van der Waals surface area contributed by atoms with Crippen molar-refractivity contribution in [3.8, 4) is 0 Å². The summed E-state index contributed by atoms with van der Waals surface area (Å²) in [6.07, 6.45) is 0. The Balaban J connectivity index is 2.08. The third-order valence-electron chi connectivity index (χ3n) is 3.13. The molecule has 1 saturated heterocycles. The maximum Gasteiger partial charge on any atom is 0.311 e. The first-order chi connectivity index (χ1) is 8.99. The lowest BCUT2D eigenvalue weighted by molar-refractivity contribution is -0.142. The third kappa shape index (κ3) is 3.05. The van der Waals surface area contributed by atoms with Crippen LogP contribution in [0.2, 0.25) is 5.02 Å². The van der Waals surface area contributed by atoms with E-state index in [1.54, 1.807) is 25.1 Å². The van der Waals surface area contributed by atoms with Gasteiger partial charge in [-0.1, -0.05) is 11.6 Å².